The van der Waals surface area contributed by atoms with Crippen LogP contribution in [-0.4, -0.2) is 42.3 Å². The molecule has 0 saturated carbocycles. The highest BCUT2D eigenvalue weighted by atomic mass is 28.4. The summed E-state index contributed by atoms with van der Waals surface area (Å²) < 4.78 is 15.7. The minimum Gasteiger partial charge on any atom is -0.377 e. The average Bonchev–Trinajstić information content (AvgIpc) is 2.23. The van der Waals surface area contributed by atoms with E-state index < -0.39 is 8.80 Å². The van der Waals surface area contributed by atoms with E-state index in [-0.39, 0.29) is 0 Å². The van der Waals surface area contributed by atoms with Gasteiger partial charge in [0, 0.05) is 27.4 Å². The largest absolute Gasteiger partial charge is 0.497 e. The molecule has 5 nitrogen and oxygen atoms in total. The molecule has 0 N–H and O–H groups in total. The van der Waals surface area contributed by atoms with Gasteiger partial charge in [0.2, 0.25) is 6.08 Å². The Balaban J connectivity index is 3.47. The van der Waals surface area contributed by atoms with Crippen LogP contribution in [-0.2, 0) is 18.1 Å². The van der Waals surface area contributed by atoms with E-state index in [1.54, 1.807) is 14.2 Å². The standard InChI is InChI=1S/C8H17NO4Si/c1-11-14(3,12-2)13-7-5-4-6-9-8-10/h4-7H2,1-3H3. The zero-order valence-electron chi connectivity index (χ0n) is 8.91. The molecule has 14 heavy (non-hydrogen) atoms. The number of carbonyl (C=O) groups excluding carboxylic acids is 1. The van der Waals surface area contributed by atoms with Crippen molar-refractivity contribution in [3.8, 4) is 0 Å². The molecule has 0 fully saturated rings. The number of hydrogen-bond acceptors (Lipinski definition) is 5. The van der Waals surface area contributed by atoms with Crippen molar-refractivity contribution in [2.75, 3.05) is 27.4 Å². The minimum atomic E-state index is -2.37. The van der Waals surface area contributed by atoms with Crippen LogP contribution in [0.15, 0.2) is 4.99 Å². The fraction of sp³-hybridized carbons (Fsp3) is 0.875. The predicted molar refractivity (Wildman–Crippen MR) is 53.8 cm³/mol. The molecule has 0 aliphatic heterocycles. The summed E-state index contributed by atoms with van der Waals surface area (Å²) in [6, 6.07) is 0. The molecule has 0 aromatic rings. The maximum atomic E-state index is 9.73. The highest BCUT2D eigenvalue weighted by Gasteiger charge is 2.31. The van der Waals surface area contributed by atoms with Crippen molar-refractivity contribution >= 4 is 14.9 Å². The van der Waals surface area contributed by atoms with Gasteiger partial charge in [0.25, 0.3) is 0 Å². The lowest BCUT2D eigenvalue weighted by Crippen LogP contribution is -2.40. The van der Waals surface area contributed by atoms with Gasteiger partial charge in [0.15, 0.2) is 0 Å². The fourth-order valence-corrected chi connectivity index (χ4v) is 1.71. The molecular weight excluding hydrogens is 202 g/mol. The van der Waals surface area contributed by atoms with Crippen molar-refractivity contribution < 1.29 is 18.1 Å². The summed E-state index contributed by atoms with van der Waals surface area (Å²) in [6.07, 6.45) is 3.14. The number of unbranched alkanes of at least 4 members (excludes halogenated alkanes) is 1. The van der Waals surface area contributed by atoms with Gasteiger partial charge in [-0.3, -0.25) is 0 Å². The molecule has 0 spiro atoms. The maximum absolute atomic E-state index is 9.73. The van der Waals surface area contributed by atoms with Gasteiger partial charge in [0.1, 0.15) is 0 Å². The first kappa shape index (κ1) is 13.5. The third-order valence-electron chi connectivity index (χ3n) is 1.83. The second-order valence-electron chi connectivity index (χ2n) is 2.80. The lowest BCUT2D eigenvalue weighted by Gasteiger charge is -2.21. The van der Waals surface area contributed by atoms with E-state index in [1.807, 2.05) is 6.55 Å². The molecule has 6 heteroatoms. The molecule has 0 rings (SSSR count). The molecule has 82 valence electrons. The number of hydrogen-bond donors (Lipinski definition) is 0. The van der Waals surface area contributed by atoms with Crippen molar-refractivity contribution in [1.29, 1.82) is 0 Å². The summed E-state index contributed by atoms with van der Waals surface area (Å²) >= 11 is 0. The maximum Gasteiger partial charge on any atom is 0.497 e. The topological polar surface area (TPSA) is 57.1 Å². The Kier molecular flexibility index (Phi) is 7.55. The van der Waals surface area contributed by atoms with Crippen LogP contribution in [0.4, 0.5) is 0 Å². The average molecular weight is 219 g/mol. The van der Waals surface area contributed by atoms with Crippen molar-refractivity contribution in [3.05, 3.63) is 0 Å². The first-order valence-corrected chi connectivity index (χ1v) is 6.69. The van der Waals surface area contributed by atoms with E-state index in [0.29, 0.717) is 13.2 Å². The SMILES string of the molecule is CO[Si](C)(OC)OCCCCN=C=O. The first-order valence-electron chi connectivity index (χ1n) is 4.46. The molecule has 0 unspecified atom stereocenters. The summed E-state index contributed by atoms with van der Waals surface area (Å²) in [4.78, 5) is 13.2. The number of nitrogens with zero attached hydrogens (tertiary/aromatic N) is 1. The summed E-state index contributed by atoms with van der Waals surface area (Å²) in [5, 5.41) is 0. The zero-order chi connectivity index (χ0) is 10.9. The second kappa shape index (κ2) is 7.84. The zero-order valence-corrected chi connectivity index (χ0v) is 9.91. The molecule has 0 aliphatic carbocycles. The van der Waals surface area contributed by atoms with Gasteiger partial charge in [0.05, 0.1) is 6.54 Å². The van der Waals surface area contributed by atoms with E-state index in [0.717, 1.165) is 12.8 Å². The lowest BCUT2D eigenvalue weighted by atomic mass is 10.3. The van der Waals surface area contributed by atoms with Crippen LogP contribution in [0.25, 0.3) is 0 Å². The first-order chi connectivity index (χ1) is 6.68. The van der Waals surface area contributed by atoms with Crippen LogP contribution < -0.4 is 0 Å². The van der Waals surface area contributed by atoms with Crippen molar-refractivity contribution in [3.63, 3.8) is 0 Å². The Labute approximate surface area is 85.4 Å². The highest BCUT2D eigenvalue weighted by Crippen LogP contribution is 2.07. The molecule has 0 aliphatic rings. The predicted octanol–water partition coefficient (Wildman–Crippen LogP) is 0.980. The molecule has 0 atom stereocenters. The van der Waals surface area contributed by atoms with Crippen LogP contribution in [0.5, 0.6) is 0 Å². The Hall–Kier alpha value is -0.523. The normalized spacial score (nSPS) is 11.1. The summed E-state index contributed by atoms with van der Waals surface area (Å²) in [5.41, 5.74) is 0. The molecule has 0 aromatic carbocycles. The van der Waals surface area contributed by atoms with Crippen LogP contribution in [0.2, 0.25) is 6.55 Å². The second-order valence-corrected chi connectivity index (χ2v) is 5.63. The van der Waals surface area contributed by atoms with Crippen LogP contribution in [0.1, 0.15) is 12.8 Å². The van der Waals surface area contributed by atoms with E-state index >= 15 is 0 Å². The quantitative estimate of drug-likeness (QED) is 0.264. The highest BCUT2D eigenvalue weighted by molar-refractivity contribution is 6.59. The molecular formula is C8H17NO4Si. The van der Waals surface area contributed by atoms with E-state index in [4.69, 9.17) is 13.3 Å². The lowest BCUT2D eigenvalue weighted by molar-refractivity contribution is 0.104. The van der Waals surface area contributed by atoms with E-state index in [9.17, 15) is 4.79 Å². The molecule has 0 radical (unpaired) electrons. The van der Waals surface area contributed by atoms with Crippen molar-refractivity contribution in [1.82, 2.24) is 0 Å². The summed E-state index contributed by atoms with van der Waals surface area (Å²) in [6.45, 7) is 2.90. The molecule has 0 aromatic heterocycles. The van der Waals surface area contributed by atoms with Gasteiger partial charge in [-0.25, -0.2) is 9.79 Å². The third kappa shape index (κ3) is 6.01. The summed E-state index contributed by atoms with van der Waals surface area (Å²) in [5.74, 6) is 0. The van der Waals surface area contributed by atoms with Gasteiger partial charge in [-0.05, 0) is 12.8 Å². The Morgan fingerprint density at radius 3 is 2.43 bits per heavy atom. The van der Waals surface area contributed by atoms with E-state index in [1.165, 1.54) is 6.08 Å². The van der Waals surface area contributed by atoms with E-state index in [2.05, 4.69) is 4.99 Å². The van der Waals surface area contributed by atoms with Gasteiger partial charge < -0.3 is 13.3 Å². The molecule has 0 amide bonds. The smallest absolute Gasteiger partial charge is 0.377 e. The molecule has 0 bridgehead atoms. The van der Waals surface area contributed by atoms with Crippen LogP contribution in [0, 0.1) is 0 Å². The van der Waals surface area contributed by atoms with Crippen molar-refractivity contribution in [2.45, 2.75) is 19.4 Å². The van der Waals surface area contributed by atoms with Gasteiger partial charge in [-0.1, -0.05) is 0 Å². The van der Waals surface area contributed by atoms with Crippen LogP contribution >= 0.6 is 0 Å². The van der Waals surface area contributed by atoms with Gasteiger partial charge in [-0.15, -0.1) is 0 Å². The number of rotatable bonds is 8. The number of isocyanates is 1. The molecule has 0 saturated heterocycles. The Bertz CT molecular complexity index is 190. The van der Waals surface area contributed by atoms with Gasteiger partial charge in [-0.2, -0.15) is 0 Å². The van der Waals surface area contributed by atoms with Gasteiger partial charge >= 0.3 is 8.80 Å². The summed E-state index contributed by atoms with van der Waals surface area (Å²) in [7, 11) is 0.778. The monoisotopic (exact) mass is 219 g/mol. The third-order valence-corrected chi connectivity index (χ3v) is 4.05. The Morgan fingerprint density at radius 2 is 1.93 bits per heavy atom. The number of aliphatic imine (C=N–C) groups is 1. The molecule has 0 heterocycles. The fourth-order valence-electron chi connectivity index (χ4n) is 0.797. The van der Waals surface area contributed by atoms with Crippen LogP contribution in [0.3, 0.4) is 0 Å². The minimum absolute atomic E-state index is 0.505. The Morgan fingerprint density at radius 1 is 1.29 bits per heavy atom. The van der Waals surface area contributed by atoms with Crippen molar-refractivity contribution in [2.24, 2.45) is 4.99 Å².